The third-order valence-electron chi connectivity index (χ3n) is 6.40. The highest BCUT2D eigenvalue weighted by Crippen LogP contribution is 2.47. The Morgan fingerprint density at radius 2 is 1.52 bits per heavy atom. The van der Waals surface area contributed by atoms with Gasteiger partial charge < -0.3 is 0 Å². The number of hydrogen-bond acceptors (Lipinski definition) is 0. The van der Waals surface area contributed by atoms with Crippen LogP contribution in [0, 0.1) is 27.7 Å². The highest BCUT2D eigenvalue weighted by molar-refractivity contribution is 6.71. The average Bonchev–Trinajstić information content (AvgIpc) is 3.21. The SMILES string of the molecule is Cc1c(C)c(C2=CC=CC2)c2c(c1C)-c1c(ccc([SiH](C)C)c1C)C2. The first-order valence-corrected chi connectivity index (χ1v) is 12.4. The molecule has 128 valence electrons. The van der Waals surface area contributed by atoms with Crippen molar-refractivity contribution in [2.24, 2.45) is 0 Å². The zero-order valence-corrected chi connectivity index (χ0v) is 17.5. The Hall–Kier alpha value is -1.86. The Morgan fingerprint density at radius 3 is 2.16 bits per heavy atom. The van der Waals surface area contributed by atoms with Crippen LogP contribution in [0.25, 0.3) is 16.7 Å². The Balaban J connectivity index is 2.05. The van der Waals surface area contributed by atoms with E-state index in [0.717, 1.165) is 12.8 Å². The lowest BCUT2D eigenvalue weighted by molar-refractivity contribution is 1.17. The van der Waals surface area contributed by atoms with E-state index in [4.69, 9.17) is 0 Å². The van der Waals surface area contributed by atoms with Crippen molar-refractivity contribution in [2.75, 3.05) is 0 Å². The molecule has 0 heterocycles. The predicted molar refractivity (Wildman–Crippen MR) is 114 cm³/mol. The molecule has 2 aromatic carbocycles. The van der Waals surface area contributed by atoms with Crippen LogP contribution >= 0.6 is 0 Å². The van der Waals surface area contributed by atoms with E-state index in [2.05, 4.69) is 71.1 Å². The van der Waals surface area contributed by atoms with E-state index >= 15 is 0 Å². The molecule has 0 radical (unpaired) electrons. The number of hydrogen-bond donors (Lipinski definition) is 0. The van der Waals surface area contributed by atoms with E-state index < -0.39 is 8.80 Å². The lowest BCUT2D eigenvalue weighted by Crippen LogP contribution is -2.26. The Labute approximate surface area is 153 Å². The first kappa shape index (κ1) is 16.6. The fourth-order valence-corrected chi connectivity index (χ4v) is 6.40. The lowest BCUT2D eigenvalue weighted by atomic mass is 9.84. The van der Waals surface area contributed by atoms with Crippen molar-refractivity contribution in [1.82, 2.24) is 0 Å². The minimum absolute atomic E-state index is 0.811. The van der Waals surface area contributed by atoms with Crippen molar-refractivity contribution in [3.05, 3.63) is 69.3 Å². The third kappa shape index (κ3) is 2.32. The van der Waals surface area contributed by atoms with Gasteiger partial charge in [-0.1, -0.05) is 48.6 Å². The smallest absolute Gasteiger partial charge is 0.0651 e. The van der Waals surface area contributed by atoms with Gasteiger partial charge in [-0.25, -0.2) is 0 Å². The maximum atomic E-state index is 2.44. The quantitative estimate of drug-likeness (QED) is 0.536. The average molecular weight is 345 g/mol. The second-order valence-corrected chi connectivity index (χ2v) is 11.0. The van der Waals surface area contributed by atoms with Gasteiger partial charge in [-0.15, -0.1) is 0 Å². The summed E-state index contributed by atoms with van der Waals surface area (Å²) in [6, 6.07) is 4.84. The lowest BCUT2D eigenvalue weighted by Gasteiger charge is -2.21. The summed E-state index contributed by atoms with van der Waals surface area (Å²) in [6.45, 7) is 14.2. The Kier molecular flexibility index (Phi) is 3.88. The fraction of sp³-hybridized carbons (Fsp3) is 0.333. The molecule has 0 amide bonds. The van der Waals surface area contributed by atoms with Crippen LogP contribution in [0.5, 0.6) is 0 Å². The highest BCUT2D eigenvalue weighted by atomic mass is 28.3. The van der Waals surface area contributed by atoms with Crippen molar-refractivity contribution < 1.29 is 0 Å². The van der Waals surface area contributed by atoms with Crippen molar-refractivity contribution in [3.8, 4) is 11.1 Å². The summed E-state index contributed by atoms with van der Waals surface area (Å²) in [5, 5.41) is 1.63. The van der Waals surface area contributed by atoms with Crippen LogP contribution < -0.4 is 5.19 Å². The van der Waals surface area contributed by atoms with Crippen LogP contribution in [0.15, 0.2) is 30.4 Å². The molecule has 0 atom stereocenters. The number of fused-ring (bicyclic) bond motifs is 3. The Morgan fingerprint density at radius 1 is 0.800 bits per heavy atom. The molecule has 0 spiro atoms. The van der Waals surface area contributed by atoms with Gasteiger partial charge in [-0.2, -0.15) is 0 Å². The summed E-state index contributed by atoms with van der Waals surface area (Å²) in [5.74, 6) is 0. The van der Waals surface area contributed by atoms with Crippen molar-refractivity contribution >= 4 is 19.6 Å². The van der Waals surface area contributed by atoms with E-state index in [9.17, 15) is 0 Å². The summed E-state index contributed by atoms with van der Waals surface area (Å²) in [7, 11) is -0.811. The molecule has 2 aliphatic carbocycles. The molecule has 0 aliphatic heterocycles. The van der Waals surface area contributed by atoms with Gasteiger partial charge in [-0.3, -0.25) is 0 Å². The molecule has 2 aliphatic rings. The second-order valence-electron chi connectivity index (χ2n) is 8.07. The minimum atomic E-state index is -0.811. The standard InChI is InChI=1S/C24H28Si/c1-14-15(2)22(18-9-7-8-10-18)20-13-19-11-12-21(25(5)6)17(4)23(19)24(20)16(14)3/h7-9,11-12,25H,10,13H2,1-6H3. The van der Waals surface area contributed by atoms with Crippen molar-refractivity contribution in [1.29, 1.82) is 0 Å². The summed E-state index contributed by atoms with van der Waals surface area (Å²) in [4.78, 5) is 0. The Bertz CT molecular complexity index is 955. The van der Waals surface area contributed by atoms with E-state index in [1.165, 1.54) is 33.4 Å². The van der Waals surface area contributed by atoms with Crippen LogP contribution in [0.4, 0.5) is 0 Å². The van der Waals surface area contributed by atoms with Gasteiger partial charge in [0.15, 0.2) is 0 Å². The molecule has 0 nitrogen and oxygen atoms in total. The fourth-order valence-electron chi connectivity index (χ4n) is 4.91. The molecule has 0 bridgehead atoms. The number of benzene rings is 2. The molecule has 25 heavy (non-hydrogen) atoms. The second kappa shape index (κ2) is 5.84. The van der Waals surface area contributed by atoms with Crippen molar-refractivity contribution in [2.45, 2.75) is 53.6 Å². The molecule has 0 unspecified atom stereocenters. The first-order chi connectivity index (χ1) is 11.9. The normalized spacial score (nSPS) is 14.9. The van der Waals surface area contributed by atoms with E-state index in [1.807, 2.05) is 0 Å². The van der Waals surface area contributed by atoms with Gasteiger partial charge in [-0.05, 0) is 96.2 Å². The molecule has 0 aromatic heterocycles. The van der Waals surface area contributed by atoms with Crippen LogP contribution in [0.3, 0.4) is 0 Å². The molecular weight excluding hydrogens is 316 g/mol. The zero-order chi connectivity index (χ0) is 17.9. The molecule has 0 fully saturated rings. The summed E-state index contributed by atoms with van der Waals surface area (Å²) in [5.41, 5.74) is 15.2. The van der Waals surface area contributed by atoms with E-state index in [1.54, 1.807) is 27.4 Å². The van der Waals surface area contributed by atoms with Crippen LogP contribution in [0.2, 0.25) is 13.1 Å². The van der Waals surface area contributed by atoms with E-state index in [-0.39, 0.29) is 0 Å². The molecule has 1 heteroatoms. The van der Waals surface area contributed by atoms with Gasteiger partial charge in [0.05, 0.1) is 8.80 Å². The third-order valence-corrected chi connectivity index (χ3v) is 8.27. The molecule has 4 rings (SSSR count). The molecular formula is C24H28Si. The molecule has 0 saturated heterocycles. The highest BCUT2D eigenvalue weighted by Gasteiger charge is 2.29. The predicted octanol–water partition coefficient (Wildman–Crippen LogP) is 5.53. The van der Waals surface area contributed by atoms with Gasteiger partial charge in [0, 0.05) is 0 Å². The number of allylic oxidation sites excluding steroid dienone is 4. The molecule has 0 N–H and O–H groups in total. The first-order valence-electron chi connectivity index (χ1n) is 9.53. The van der Waals surface area contributed by atoms with Crippen LogP contribution in [-0.2, 0) is 6.42 Å². The summed E-state index contributed by atoms with van der Waals surface area (Å²) < 4.78 is 0. The largest absolute Gasteiger partial charge is 0.0801 e. The monoisotopic (exact) mass is 344 g/mol. The van der Waals surface area contributed by atoms with Gasteiger partial charge >= 0.3 is 0 Å². The van der Waals surface area contributed by atoms with Gasteiger partial charge in [0.2, 0.25) is 0 Å². The summed E-state index contributed by atoms with van der Waals surface area (Å²) in [6.07, 6.45) is 8.99. The molecule has 0 saturated carbocycles. The van der Waals surface area contributed by atoms with E-state index in [0.29, 0.717) is 0 Å². The molecule has 2 aromatic rings. The maximum absolute atomic E-state index is 2.44. The van der Waals surface area contributed by atoms with Crippen LogP contribution in [-0.4, -0.2) is 8.80 Å². The van der Waals surface area contributed by atoms with Crippen molar-refractivity contribution in [3.63, 3.8) is 0 Å². The number of rotatable bonds is 2. The maximum Gasteiger partial charge on any atom is 0.0651 e. The van der Waals surface area contributed by atoms with Gasteiger partial charge in [0.25, 0.3) is 0 Å². The van der Waals surface area contributed by atoms with Gasteiger partial charge in [0.1, 0.15) is 0 Å². The van der Waals surface area contributed by atoms with Crippen LogP contribution in [0.1, 0.15) is 45.4 Å². The minimum Gasteiger partial charge on any atom is -0.0801 e. The topological polar surface area (TPSA) is 0 Å². The zero-order valence-electron chi connectivity index (χ0n) is 16.4. The summed E-state index contributed by atoms with van der Waals surface area (Å²) >= 11 is 0.